The Balaban J connectivity index is 1.99. The lowest BCUT2D eigenvalue weighted by Crippen LogP contribution is -2.49. The van der Waals surface area contributed by atoms with Crippen molar-refractivity contribution in [1.29, 1.82) is 0 Å². The molecule has 1 aromatic rings. The summed E-state index contributed by atoms with van der Waals surface area (Å²) in [7, 11) is 0. The third-order valence-electron chi connectivity index (χ3n) is 3.68. The molecule has 2 amide bonds. The van der Waals surface area contributed by atoms with Gasteiger partial charge in [-0.2, -0.15) is 0 Å². The highest BCUT2D eigenvalue weighted by Crippen LogP contribution is 2.19. The summed E-state index contributed by atoms with van der Waals surface area (Å²) in [6, 6.07) is 9.77. The molecule has 1 heterocycles. The zero-order valence-corrected chi connectivity index (χ0v) is 12.5. The molecule has 1 saturated heterocycles. The highest BCUT2D eigenvalue weighted by Gasteiger charge is 2.23. The van der Waals surface area contributed by atoms with Gasteiger partial charge in [0.25, 0.3) is 0 Å². The third-order valence-corrected chi connectivity index (χ3v) is 3.68. The van der Waals surface area contributed by atoms with Crippen molar-refractivity contribution in [3.63, 3.8) is 0 Å². The fourth-order valence-electron chi connectivity index (χ4n) is 2.55. The minimum atomic E-state index is -0.0657. The Morgan fingerprint density at radius 3 is 2.90 bits per heavy atom. The third kappa shape index (κ3) is 4.72. The maximum atomic E-state index is 12.4. The number of nitrogens with zero attached hydrogens (tertiary/aromatic N) is 1. The number of benzene rings is 1. The molecule has 5 heteroatoms. The van der Waals surface area contributed by atoms with Crippen LogP contribution in [0.15, 0.2) is 30.3 Å². The largest absolute Gasteiger partial charge is 0.396 e. The molecule has 2 unspecified atom stereocenters. The Bertz CT molecular complexity index is 438. The molecular weight excluding hydrogens is 268 g/mol. The fourth-order valence-corrected chi connectivity index (χ4v) is 2.55. The van der Waals surface area contributed by atoms with Crippen molar-refractivity contribution in [2.75, 3.05) is 26.3 Å². The molecule has 0 aromatic heterocycles. The number of hydrogen-bond acceptors (Lipinski definition) is 3. The normalized spacial score (nSPS) is 20.1. The molecule has 1 aliphatic heterocycles. The molecule has 116 valence electrons. The number of nitrogens with one attached hydrogen (secondary N) is 1. The van der Waals surface area contributed by atoms with Crippen molar-refractivity contribution in [1.82, 2.24) is 10.2 Å². The smallest absolute Gasteiger partial charge is 0.318 e. The Hall–Kier alpha value is -1.59. The molecule has 2 rings (SSSR count). The lowest BCUT2D eigenvalue weighted by Gasteiger charge is -2.32. The molecule has 0 radical (unpaired) electrons. The predicted molar refractivity (Wildman–Crippen MR) is 81.0 cm³/mol. The van der Waals surface area contributed by atoms with Crippen LogP contribution in [0.4, 0.5) is 4.79 Å². The fraction of sp³-hybridized carbons (Fsp3) is 0.562. The molecule has 2 N–H and O–H groups in total. The summed E-state index contributed by atoms with van der Waals surface area (Å²) in [5.74, 6) is 0. The first-order chi connectivity index (χ1) is 10.2. The molecule has 5 nitrogen and oxygen atoms in total. The molecule has 0 aliphatic carbocycles. The van der Waals surface area contributed by atoms with Gasteiger partial charge in [0.2, 0.25) is 0 Å². The summed E-state index contributed by atoms with van der Waals surface area (Å²) in [6.07, 6.45) is 1.48. The van der Waals surface area contributed by atoms with Crippen LogP contribution < -0.4 is 5.32 Å². The SMILES string of the molecule is CC1CN(C(=O)NC(CCCO)c2ccccc2)CCO1. The van der Waals surface area contributed by atoms with E-state index < -0.39 is 0 Å². The Labute approximate surface area is 125 Å². The number of hydrogen-bond donors (Lipinski definition) is 2. The number of carbonyl (C=O) groups excluding carboxylic acids is 1. The molecule has 1 fully saturated rings. The Morgan fingerprint density at radius 2 is 2.24 bits per heavy atom. The summed E-state index contributed by atoms with van der Waals surface area (Å²) in [5.41, 5.74) is 1.07. The number of carbonyl (C=O) groups is 1. The second-order valence-electron chi connectivity index (χ2n) is 5.41. The number of amides is 2. The minimum absolute atomic E-state index is 0.0584. The zero-order valence-electron chi connectivity index (χ0n) is 12.5. The number of aliphatic hydroxyl groups excluding tert-OH is 1. The highest BCUT2D eigenvalue weighted by molar-refractivity contribution is 5.74. The summed E-state index contributed by atoms with van der Waals surface area (Å²) in [5, 5.41) is 12.1. The van der Waals surface area contributed by atoms with Crippen LogP contribution in [-0.4, -0.2) is 48.4 Å². The predicted octanol–water partition coefficient (Wildman–Crippen LogP) is 1.93. The van der Waals surface area contributed by atoms with Gasteiger partial charge in [-0.1, -0.05) is 30.3 Å². The van der Waals surface area contributed by atoms with Crippen molar-refractivity contribution in [3.05, 3.63) is 35.9 Å². The van der Waals surface area contributed by atoms with E-state index in [0.29, 0.717) is 26.1 Å². The van der Waals surface area contributed by atoms with E-state index in [1.807, 2.05) is 37.3 Å². The molecule has 0 bridgehead atoms. The topological polar surface area (TPSA) is 61.8 Å². The second-order valence-corrected chi connectivity index (χ2v) is 5.41. The van der Waals surface area contributed by atoms with E-state index in [-0.39, 0.29) is 24.8 Å². The summed E-state index contributed by atoms with van der Waals surface area (Å²) >= 11 is 0. The zero-order chi connectivity index (χ0) is 15.1. The van der Waals surface area contributed by atoms with Crippen molar-refractivity contribution in [2.24, 2.45) is 0 Å². The first kappa shape index (κ1) is 15.8. The van der Waals surface area contributed by atoms with Crippen LogP contribution in [-0.2, 0) is 4.74 Å². The summed E-state index contributed by atoms with van der Waals surface area (Å²) in [4.78, 5) is 14.2. The molecule has 1 aliphatic rings. The van der Waals surface area contributed by atoms with Gasteiger partial charge in [0, 0.05) is 19.7 Å². The van der Waals surface area contributed by atoms with Gasteiger partial charge in [-0.05, 0) is 25.3 Å². The molecule has 2 atom stereocenters. The van der Waals surface area contributed by atoms with E-state index in [1.165, 1.54) is 0 Å². The van der Waals surface area contributed by atoms with E-state index >= 15 is 0 Å². The van der Waals surface area contributed by atoms with Gasteiger partial charge in [-0.15, -0.1) is 0 Å². The molecular formula is C16H24N2O3. The van der Waals surface area contributed by atoms with Crippen LogP contribution >= 0.6 is 0 Å². The van der Waals surface area contributed by atoms with Crippen LogP contribution in [0.1, 0.15) is 31.4 Å². The number of rotatable bonds is 5. The quantitative estimate of drug-likeness (QED) is 0.871. The van der Waals surface area contributed by atoms with Crippen molar-refractivity contribution < 1.29 is 14.6 Å². The van der Waals surface area contributed by atoms with E-state index in [2.05, 4.69) is 5.32 Å². The van der Waals surface area contributed by atoms with Crippen molar-refractivity contribution in [3.8, 4) is 0 Å². The van der Waals surface area contributed by atoms with Gasteiger partial charge in [0.1, 0.15) is 0 Å². The number of urea groups is 1. The van der Waals surface area contributed by atoms with E-state index in [9.17, 15) is 4.79 Å². The molecule has 21 heavy (non-hydrogen) atoms. The van der Waals surface area contributed by atoms with Gasteiger partial charge < -0.3 is 20.1 Å². The molecule has 0 saturated carbocycles. The van der Waals surface area contributed by atoms with Crippen molar-refractivity contribution in [2.45, 2.75) is 31.9 Å². The summed E-state index contributed by atoms with van der Waals surface area (Å²) < 4.78 is 5.46. The Morgan fingerprint density at radius 1 is 1.48 bits per heavy atom. The van der Waals surface area contributed by atoms with Gasteiger partial charge in [0.15, 0.2) is 0 Å². The van der Waals surface area contributed by atoms with E-state index in [1.54, 1.807) is 4.90 Å². The van der Waals surface area contributed by atoms with Crippen LogP contribution in [0.3, 0.4) is 0 Å². The molecule has 0 spiro atoms. The van der Waals surface area contributed by atoms with Gasteiger partial charge >= 0.3 is 6.03 Å². The van der Waals surface area contributed by atoms with Crippen molar-refractivity contribution >= 4 is 6.03 Å². The maximum absolute atomic E-state index is 12.4. The van der Waals surface area contributed by atoms with E-state index in [4.69, 9.17) is 9.84 Å². The maximum Gasteiger partial charge on any atom is 0.318 e. The lowest BCUT2D eigenvalue weighted by atomic mass is 10.0. The van der Waals surface area contributed by atoms with Crippen LogP contribution in [0, 0.1) is 0 Å². The van der Waals surface area contributed by atoms with Crippen LogP contribution in [0.5, 0.6) is 0 Å². The van der Waals surface area contributed by atoms with Gasteiger partial charge in [-0.3, -0.25) is 0 Å². The lowest BCUT2D eigenvalue weighted by molar-refractivity contribution is -0.00394. The highest BCUT2D eigenvalue weighted by atomic mass is 16.5. The number of aliphatic hydroxyl groups is 1. The monoisotopic (exact) mass is 292 g/mol. The van der Waals surface area contributed by atoms with E-state index in [0.717, 1.165) is 12.0 Å². The minimum Gasteiger partial charge on any atom is -0.396 e. The first-order valence-corrected chi connectivity index (χ1v) is 7.53. The van der Waals surface area contributed by atoms with Crippen LogP contribution in [0.2, 0.25) is 0 Å². The Kier molecular flexibility index (Phi) is 6.02. The standard InChI is InChI=1S/C16H24N2O3/c1-13-12-18(9-11-21-13)16(20)17-15(8-5-10-19)14-6-3-2-4-7-14/h2-4,6-7,13,15,19H,5,8-12H2,1H3,(H,17,20). The number of morpholine rings is 1. The van der Waals surface area contributed by atoms with Gasteiger partial charge in [-0.25, -0.2) is 4.79 Å². The molecule has 1 aromatic carbocycles. The average molecular weight is 292 g/mol. The average Bonchev–Trinajstić information content (AvgIpc) is 2.52. The van der Waals surface area contributed by atoms with Gasteiger partial charge in [0.05, 0.1) is 18.8 Å². The second kappa shape index (κ2) is 8.00. The van der Waals surface area contributed by atoms with Crippen LogP contribution in [0.25, 0.3) is 0 Å². The first-order valence-electron chi connectivity index (χ1n) is 7.53. The number of ether oxygens (including phenoxy) is 1. The summed E-state index contributed by atoms with van der Waals surface area (Å²) in [6.45, 7) is 3.93.